The van der Waals surface area contributed by atoms with Crippen LogP contribution < -0.4 is 5.48 Å². The quantitative estimate of drug-likeness (QED) is 0.426. The molecule has 0 bridgehead atoms. The third-order valence-corrected chi connectivity index (χ3v) is 1.11. The van der Waals surface area contributed by atoms with Gasteiger partial charge in [0.25, 0.3) is 0 Å². The van der Waals surface area contributed by atoms with E-state index in [-0.39, 0.29) is 11.6 Å². The Morgan fingerprint density at radius 3 is 1.77 bits per heavy atom. The summed E-state index contributed by atoms with van der Waals surface area (Å²) >= 11 is 0. The molecule has 0 amide bonds. The molecule has 0 aromatic heterocycles. The number of hydrogen-bond acceptors (Lipinski definition) is 5. The summed E-state index contributed by atoms with van der Waals surface area (Å²) in [5.41, 5.74) is 2.32. The van der Waals surface area contributed by atoms with Crippen molar-refractivity contribution in [3.63, 3.8) is 0 Å². The van der Waals surface area contributed by atoms with Crippen molar-refractivity contribution in [2.45, 2.75) is 0 Å². The molecule has 0 unspecified atom stereocenters. The normalized spacial score (nSPS) is 17.5. The first-order chi connectivity index (χ1) is 6.29. The van der Waals surface area contributed by atoms with Gasteiger partial charge in [0, 0.05) is 0 Å². The van der Waals surface area contributed by atoms with E-state index in [0.717, 1.165) is 0 Å². The fourth-order valence-corrected chi connectivity index (χ4v) is 0.579. The molecule has 5 nitrogen and oxygen atoms in total. The van der Waals surface area contributed by atoms with Crippen LogP contribution in [-0.2, 0) is 19.5 Å². The Morgan fingerprint density at radius 2 is 1.54 bits per heavy atom. The van der Waals surface area contributed by atoms with Crippen molar-refractivity contribution in [1.82, 2.24) is 5.48 Å². The molecule has 0 aromatic carbocycles. The van der Waals surface area contributed by atoms with Gasteiger partial charge in [-0.05, 0) is 24.3 Å². The highest BCUT2D eigenvalue weighted by molar-refractivity contribution is 6.14. The molecular formula is C8H7NO4. The third kappa shape index (κ3) is 3.88. The number of nitrogens with one attached hydrogen (secondary N) is 1. The SMILES string of the molecule is C1=COON1.O=C1C=CC(=O)C=C1. The molecule has 2 aliphatic rings. The van der Waals surface area contributed by atoms with Gasteiger partial charge in [-0.2, -0.15) is 0 Å². The molecular weight excluding hydrogens is 174 g/mol. The van der Waals surface area contributed by atoms with Crippen molar-refractivity contribution in [3.8, 4) is 0 Å². The van der Waals surface area contributed by atoms with Gasteiger partial charge in [0.05, 0.1) is 6.20 Å². The topological polar surface area (TPSA) is 64.6 Å². The fraction of sp³-hybridized carbons (Fsp3) is 0. The van der Waals surface area contributed by atoms with E-state index in [1.165, 1.54) is 30.6 Å². The lowest BCUT2D eigenvalue weighted by molar-refractivity contribution is -0.264. The van der Waals surface area contributed by atoms with Crippen molar-refractivity contribution < 1.29 is 19.5 Å². The minimum absolute atomic E-state index is 0.121. The van der Waals surface area contributed by atoms with Gasteiger partial charge in [0.1, 0.15) is 6.26 Å². The van der Waals surface area contributed by atoms with Crippen molar-refractivity contribution in [1.29, 1.82) is 0 Å². The van der Waals surface area contributed by atoms with Crippen LogP contribution in [0, 0.1) is 0 Å². The van der Waals surface area contributed by atoms with Gasteiger partial charge < -0.3 is 4.89 Å². The molecule has 1 aliphatic carbocycles. The molecule has 0 aromatic rings. The van der Waals surface area contributed by atoms with Gasteiger partial charge in [-0.15, -0.1) is 0 Å². The number of carbonyl (C=O) groups is 2. The van der Waals surface area contributed by atoms with Gasteiger partial charge in [0.15, 0.2) is 11.6 Å². The Kier molecular flexibility index (Phi) is 3.46. The molecule has 0 radical (unpaired) electrons. The first-order valence-corrected chi connectivity index (χ1v) is 3.46. The molecule has 1 N–H and O–H groups in total. The molecule has 5 heteroatoms. The number of allylic oxidation sites excluding steroid dienone is 4. The second kappa shape index (κ2) is 4.89. The molecule has 0 saturated carbocycles. The Hall–Kier alpha value is -1.88. The molecule has 13 heavy (non-hydrogen) atoms. The Bertz CT molecular complexity index is 247. The summed E-state index contributed by atoms with van der Waals surface area (Å²) in [5, 5.41) is 0. The standard InChI is InChI=1S/C6H4O2.C2H3NO2/c7-5-1-2-6(8)4-3-5;1-2-4-5-3-1/h1-4H;1-3H. The van der Waals surface area contributed by atoms with Crippen LogP contribution in [0.1, 0.15) is 0 Å². The van der Waals surface area contributed by atoms with Crippen molar-refractivity contribution in [3.05, 3.63) is 36.8 Å². The number of carbonyl (C=O) groups excluding carboxylic acids is 2. The largest absolute Gasteiger partial charge is 0.321 e. The maximum atomic E-state index is 10.3. The Balaban J connectivity index is 0.000000145. The van der Waals surface area contributed by atoms with Crippen LogP contribution in [0.15, 0.2) is 36.8 Å². The van der Waals surface area contributed by atoms with Crippen LogP contribution in [0.3, 0.4) is 0 Å². The minimum atomic E-state index is -0.121. The average molecular weight is 181 g/mol. The van der Waals surface area contributed by atoms with Crippen LogP contribution in [0.2, 0.25) is 0 Å². The van der Waals surface area contributed by atoms with E-state index in [4.69, 9.17) is 0 Å². The summed E-state index contributed by atoms with van der Waals surface area (Å²) in [6.45, 7) is 0. The molecule has 2 rings (SSSR count). The van der Waals surface area contributed by atoms with Crippen molar-refractivity contribution in [2.24, 2.45) is 0 Å². The molecule has 68 valence electrons. The lowest BCUT2D eigenvalue weighted by atomic mass is 10.2. The van der Waals surface area contributed by atoms with Gasteiger partial charge in [-0.1, -0.05) is 4.99 Å². The molecule has 0 fully saturated rings. The highest BCUT2D eigenvalue weighted by Gasteiger charge is 1.97. The highest BCUT2D eigenvalue weighted by atomic mass is 17.3. The predicted octanol–water partition coefficient (Wildman–Crippen LogP) is 0.175. The number of rotatable bonds is 0. The van der Waals surface area contributed by atoms with Crippen molar-refractivity contribution >= 4 is 11.6 Å². The van der Waals surface area contributed by atoms with Crippen LogP contribution >= 0.6 is 0 Å². The molecule has 0 atom stereocenters. The minimum Gasteiger partial charge on any atom is -0.321 e. The van der Waals surface area contributed by atoms with E-state index in [0.29, 0.717) is 0 Å². The first kappa shape index (κ1) is 9.21. The number of ketones is 2. The van der Waals surface area contributed by atoms with Gasteiger partial charge >= 0.3 is 0 Å². The molecule has 1 heterocycles. The monoisotopic (exact) mass is 181 g/mol. The van der Waals surface area contributed by atoms with E-state index >= 15 is 0 Å². The summed E-state index contributed by atoms with van der Waals surface area (Å²) in [6.07, 6.45) is 7.95. The lowest BCUT2D eigenvalue weighted by Crippen LogP contribution is -1.97. The van der Waals surface area contributed by atoms with Crippen LogP contribution in [0.5, 0.6) is 0 Å². The Labute approximate surface area is 74.2 Å². The van der Waals surface area contributed by atoms with Gasteiger partial charge in [-0.3, -0.25) is 9.59 Å². The second-order valence-electron chi connectivity index (χ2n) is 2.07. The fourth-order valence-electron chi connectivity index (χ4n) is 0.579. The smallest absolute Gasteiger partial charge is 0.178 e. The second-order valence-corrected chi connectivity index (χ2v) is 2.07. The number of hydrogen-bond donors (Lipinski definition) is 1. The summed E-state index contributed by atoms with van der Waals surface area (Å²) in [5.74, 6) is -0.241. The van der Waals surface area contributed by atoms with Gasteiger partial charge in [-0.25, -0.2) is 5.48 Å². The summed E-state index contributed by atoms with van der Waals surface area (Å²) in [7, 11) is 0. The maximum absolute atomic E-state index is 10.3. The predicted molar refractivity (Wildman–Crippen MR) is 42.7 cm³/mol. The van der Waals surface area contributed by atoms with E-state index in [2.05, 4.69) is 15.4 Å². The number of hydroxylamine groups is 1. The van der Waals surface area contributed by atoms with Crippen LogP contribution in [0.25, 0.3) is 0 Å². The van der Waals surface area contributed by atoms with E-state index in [9.17, 15) is 9.59 Å². The zero-order valence-corrected chi connectivity index (χ0v) is 6.60. The summed E-state index contributed by atoms with van der Waals surface area (Å²) in [4.78, 5) is 28.8. The summed E-state index contributed by atoms with van der Waals surface area (Å²) < 4.78 is 0. The summed E-state index contributed by atoms with van der Waals surface area (Å²) in [6, 6.07) is 0. The first-order valence-electron chi connectivity index (χ1n) is 3.46. The van der Waals surface area contributed by atoms with E-state index in [1.807, 2.05) is 0 Å². The Morgan fingerprint density at radius 1 is 1.00 bits per heavy atom. The molecule has 0 saturated heterocycles. The van der Waals surface area contributed by atoms with Crippen LogP contribution in [-0.4, -0.2) is 11.6 Å². The van der Waals surface area contributed by atoms with Crippen LogP contribution in [0.4, 0.5) is 0 Å². The lowest BCUT2D eigenvalue weighted by Gasteiger charge is -1.87. The molecule has 1 aliphatic heterocycles. The van der Waals surface area contributed by atoms with E-state index in [1.54, 1.807) is 6.20 Å². The van der Waals surface area contributed by atoms with Gasteiger partial charge in [0.2, 0.25) is 0 Å². The maximum Gasteiger partial charge on any atom is 0.178 e. The highest BCUT2D eigenvalue weighted by Crippen LogP contribution is 1.90. The zero-order chi connectivity index (χ0) is 9.52. The zero-order valence-electron chi connectivity index (χ0n) is 6.60. The van der Waals surface area contributed by atoms with Crippen molar-refractivity contribution in [2.75, 3.05) is 0 Å². The molecule has 0 spiro atoms. The third-order valence-electron chi connectivity index (χ3n) is 1.11. The van der Waals surface area contributed by atoms with E-state index < -0.39 is 0 Å². The average Bonchev–Trinajstić information content (AvgIpc) is 2.68.